The Labute approximate surface area is 133 Å². The van der Waals surface area contributed by atoms with Gasteiger partial charge < -0.3 is 10.2 Å². The van der Waals surface area contributed by atoms with Crippen molar-refractivity contribution in [2.45, 2.75) is 32.4 Å². The van der Waals surface area contributed by atoms with Crippen molar-refractivity contribution in [2.24, 2.45) is 7.05 Å². The third-order valence-corrected chi connectivity index (χ3v) is 4.30. The second-order valence-corrected chi connectivity index (χ2v) is 6.15. The summed E-state index contributed by atoms with van der Waals surface area (Å²) in [5.41, 5.74) is -0.569. The predicted octanol–water partition coefficient (Wildman–Crippen LogP) is 1.12. The third-order valence-electron chi connectivity index (χ3n) is 4.30. The van der Waals surface area contributed by atoms with E-state index >= 15 is 0 Å². The summed E-state index contributed by atoms with van der Waals surface area (Å²) in [6.45, 7) is 4.42. The van der Waals surface area contributed by atoms with Crippen molar-refractivity contribution < 1.29 is 9.18 Å². The van der Waals surface area contributed by atoms with Gasteiger partial charge in [-0.25, -0.2) is 14.4 Å². The van der Waals surface area contributed by atoms with Gasteiger partial charge in [-0.15, -0.1) is 0 Å². The molecule has 3 rings (SSSR count). The molecule has 1 N–H and O–H groups in total. The van der Waals surface area contributed by atoms with Crippen molar-refractivity contribution in [3.8, 4) is 0 Å². The van der Waals surface area contributed by atoms with E-state index in [1.807, 2.05) is 14.0 Å². The summed E-state index contributed by atoms with van der Waals surface area (Å²) < 4.78 is 16.4. The van der Waals surface area contributed by atoms with Gasteiger partial charge in [-0.3, -0.25) is 9.48 Å². The van der Waals surface area contributed by atoms with Gasteiger partial charge in [0.1, 0.15) is 17.3 Å². The maximum Gasteiger partial charge on any atom is 0.216 e. The first kappa shape index (κ1) is 15.6. The fraction of sp³-hybridized carbons (Fsp3) is 0.600. The first-order valence-corrected chi connectivity index (χ1v) is 7.73. The first-order chi connectivity index (χ1) is 10.9. The number of fused-ring (bicyclic) bond motifs is 1. The normalized spacial score (nSPS) is 17.5. The zero-order valence-corrected chi connectivity index (χ0v) is 13.6. The summed E-state index contributed by atoms with van der Waals surface area (Å²) in [6, 6.07) is 0. The molecule has 0 aliphatic carbocycles. The standard InChI is InChI=1S/C15H21FN6O/c1-10-19-13-12(8-18-21(13)3)14(20-10)22-6-4-15(16,5-7-22)9-17-11(2)23/h8H,4-7,9H2,1-3H3,(H,17,23). The van der Waals surface area contributed by atoms with E-state index in [9.17, 15) is 9.18 Å². The van der Waals surface area contributed by atoms with E-state index in [-0.39, 0.29) is 12.5 Å². The highest BCUT2D eigenvalue weighted by molar-refractivity contribution is 5.87. The van der Waals surface area contributed by atoms with E-state index in [1.165, 1.54) is 6.92 Å². The van der Waals surface area contributed by atoms with Crippen LogP contribution in [-0.2, 0) is 11.8 Å². The number of hydrogen-bond donors (Lipinski definition) is 1. The molecule has 2 aromatic heterocycles. The number of halogens is 1. The molecule has 3 heterocycles. The molecule has 8 heteroatoms. The van der Waals surface area contributed by atoms with Gasteiger partial charge in [0, 0.05) is 39.9 Å². The number of hydrogen-bond acceptors (Lipinski definition) is 5. The van der Waals surface area contributed by atoms with E-state index < -0.39 is 5.67 Å². The molecule has 1 aliphatic heterocycles. The molecule has 1 saturated heterocycles. The smallest absolute Gasteiger partial charge is 0.216 e. The Bertz CT molecular complexity index is 735. The van der Waals surface area contributed by atoms with Crippen molar-refractivity contribution >= 4 is 22.8 Å². The van der Waals surface area contributed by atoms with Gasteiger partial charge in [-0.05, 0) is 6.92 Å². The van der Waals surface area contributed by atoms with Gasteiger partial charge in [0.15, 0.2) is 5.65 Å². The number of piperidine rings is 1. The van der Waals surface area contributed by atoms with Crippen LogP contribution < -0.4 is 10.2 Å². The average molecular weight is 320 g/mol. The summed E-state index contributed by atoms with van der Waals surface area (Å²) >= 11 is 0. The molecule has 1 amide bonds. The zero-order chi connectivity index (χ0) is 16.6. The number of nitrogens with zero attached hydrogens (tertiary/aromatic N) is 5. The quantitative estimate of drug-likeness (QED) is 0.917. The van der Waals surface area contributed by atoms with Crippen LogP contribution in [0, 0.1) is 6.92 Å². The minimum absolute atomic E-state index is 0.0707. The SMILES string of the molecule is CC(=O)NCC1(F)CCN(c2nc(C)nc3c2cnn3C)CC1. The van der Waals surface area contributed by atoms with Crippen LogP contribution in [0.25, 0.3) is 11.0 Å². The lowest BCUT2D eigenvalue weighted by Gasteiger charge is -2.37. The maximum atomic E-state index is 14.7. The van der Waals surface area contributed by atoms with Crippen molar-refractivity contribution in [3.63, 3.8) is 0 Å². The molecular formula is C15H21FN6O. The molecule has 23 heavy (non-hydrogen) atoms. The van der Waals surface area contributed by atoms with Gasteiger partial charge in [-0.1, -0.05) is 0 Å². The Kier molecular flexibility index (Phi) is 3.91. The Hall–Kier alpha value is -2.25. The van der Waals surface area contributed by atoms with Gasteiger partial charge in [0.2, 0.25) is 5.91 Å². The summed E-state index contributed by atoms with van der Waals surface area (Å²) in [5.74, 6) is 1.28. The fourth-order valence-corrected chi connectivity index (χ4v) is 2.93. The highest BCUT2D eigenvalue weighted by Gasteiger charge is 2.35. The van der Waals surface area contributed by atoms with Gasteiger partial charge in [0.05, 0.1) is 18.1 Å². The lowest BCUT2D eigenvalue weighted by Crippen LogP contribution is -2.48. The lowest BCUT2D eigenvalue weighted by atomic mass is 9.93. The molecule has 7 nitrogen and oxygen atoms in total. The van der Waals surface area contributed by atoms with E-state index in [0.717, 1.165) is 16.9 Å². The number of aryl methyl sites for hydroxylation is 2. The van der Waals surface area contributed by atoms with Crippen LogP contribution in [0.15, 0.2) is 6.20 Å². The minimum atomic E-state index is -1.35. The monoisotopic (exact) mass is 320 g/mol. The highest BCUT2D eigenvalue weighted by Crippen LogP contribution is 2.31. The second-order valence-electron chi connectivity index (χ2n) is 6.15. The second kappa shape index (κ2) is 5.75. The van der Waals surface area contributed by atoms with Crippen LogP contribution in [0.2, 0.25) is 0 Å². The molecule has 1 aliphatic rings. The van der Waals surface area contributed by atoms with Crippen molar-refractivity contribution in [2.75, 3.05) is 24.5 Å². The van der Waals surface area contributed by atoms with Crippen LogP contribution in [0.3, 0.4) is 0 Å². The Morgan fingerprint density at radius 1 is 1.39 bits per heavy atom. The molecule has 0 saturated carbocycles. The molecule has 0 atom stereocenters. The number of carbonyl (C=O) groups is 1. The van der Waals surface area contributed by atoms with Gasteiger partial charge >= 0.3 is 0 Å². The van der Waals surface area contributed by atoms with E-state index in [4.69, 9.17) is 0 Å². The topological polar surface area (TPSA) is 75.9 Å². The molecular weight excluding hydrogens is 299 g/mol. The zero-order valence-electron chi connectivity index (χ0n) is 13.6. The van der Waals surface area contributed by atoms with Crippen LogP contribution in [0.1, 0.15) is 25.6 Å². The first-order valence-electron chi connectivity index (χ1n) is 7.73. The number of amides is 1. The van der Waals surface area contributed by atoms with E-state index in [1.54, 1.807) is 10.9 Å². The van der Waals surface area contributed by atoms with Crippen molar-refractivity contribution in [1.29, 1.82) is 0 Å². The number of anilines is 1. The summed E-state index contributed by atoms with van der Waals surface area (Å²) in [7, 11) is 1.84. The largest absolute Gasteiger partial charge is 0.356 e. The van der Waals surface area contributed by atoms with E-state index in [2.05, 4.69) is 25.3 Å². The molecule has 0 bridgehead atoms. The van der Waals surface area contributed by atoms with Crippen LogP contribution in [0.5, 0.6) is 0 Å². The molecule has 124 valence electrons. The third kappa shape index (κ3) is 3.11. The lowest BCUT2D eigenvalue weighted by molar-refractivity contribution is -0.119. The van der Waals surface area contributed by atoms with Crippen LogP contribution in [0.4, 0.5) is 10.2 Å². The Morgan fingerprint density at radius 3 is 2.74 bits per heavy atom. The minimum Gasteiger partial charge on any atom is -0.356 e. The molecule has 0 unspecified atom stereocenters. The maximum absolute atomic E-state index is 14.7. The Balaban J connectivity index is 1.79. The number of alkyl halides is 1. The molecule has 0 spiro atoms. The number of rotatable bonds is 3. The van der Waals surface area contributed by atoms with Crippen LogP contribution in [-0.4, -0.2) is 51.0 Å². The number of aromatic nitrogens is 4. The van der Waals surface area contributed by atoms with Crippen molar-refractivity contribution in [3.05, 3.63) is 12.0 Å². The fourth-order valence-electron chi connectivity index (χ4n) is 2.93. The summed E-state index contributed by atoms with van der Waals surface area (Å²) in [4.78, 5) is 22.0. The van der Waals surface area contributed by atoms with Gasteiger partial charge in [-0.2, -0.15) is 5.10 Å². The van der Waals surface area contributed by atoms with Gasteiger partial charge in [0.25, 0.3) is 0 Å². The van der Waals surface area contributed by atoms with Crippen LogP contribution >= 0.6 is 0 Å². The predicted molar refractivity (Wildman–Crippen MR) is 85.0 cm³/mol. The molecule has 2 aromatic rings. The molecule has 1 fully saturated rings. The molecule has 0 aromatic carbocycles. The average Bonchev–Trinajstić information content (AvgIpc) is 2.87. The number of carbonyl (C=O) groups excluding carboxylic acids is 1. The van der Waals surface area contributed by atoms with E-state index in [0.29, 0.717) is 31.8 Å². The number of nitrogens with one attached hydrogen (secondary N) is 1. The Morgan fingerprint density at radius 2 is 2.09 bits per heavy atom. The van der Waals surface area contributed by atoms with Crippen molar-refractivity contribution in [1.82, 2.24) is 25.1 Å². The highest BCUT2D eigenvalue weighted by atomic mass is 19.1. The summed E-state index contributed by atoms with van der Waals surface area (Å²) in [5, 5.41) is 7.70. The summed E-state index contributed by atoms with van der Waals surface area (Å²) in [6.07, 6.45) is 2.47. The molecule has 0 radical (unpaired) electrons.